The summed E-state index contributed by atoms with van der Waals surface area (Å²) in [6.07, 6.45) is 0. The Kier molecular flexibility index (Phi) is 12.7. The Bertz CT molecular complexity index is 2280. The van der Waals surface area contributed by atoms with Gasteiger partial charge in [0.1, 0.15) is 34.5 Å². The van der Waals surface area contributed by atoms with E-state index in [4.69, 9.17) is 24.1 Å². The molecule has 57 heavy (non-hydrogen) atoms. The predicted octanol–water partition coefficient (Wildman–Crippen LogP) is 13.0. The molecule has 0 aliphatic rings. The molecule has 0 spiro atoms. The molecule has 0 aromatic heterocycles. The van der Waals surface area contributed by atoms with Gasteiger partial charge in [-0.1, -0.05) is 109 Å². The van der Waals surface area contributed by atoms with Crippen molar-refractivity contribution in [1.29, 1.82) is 0 Å². The van der Waals surface area contributed by atoms with Crippen molar-refractivity contribution in [2.45, 2.75) is 18.7 Å². The van der Waals surface area contributed by atoms with Gasteiger partial charge in [-0.25, -0.2) is 4.79 Å². The lowest BCUT2D eigenvalue weighted by molar-refractivity contribution is -0.139. The van der Waals surface area contributed by atoms with Gasteiger partial charge in [0.05, 0.1) is 12.4 Å². The molecule has 7 aromatic rings. The molecule has 0 bridgehead atoms. The highest BCUT2D eigenvalue weighted by atomic mass is 32.2. The third-order valence-electron chi connectivity index (χ3n) is 9.15. The van der Waals surface area contributed by atoms with Crippen molar-refractivity contribution in [3.05, 3.63) is 198 Å². The number of hydrogen-bond donors (Lipinski definition) is 1. The van der Waals surface area contributed by atoms with Crippen molar-refractivity contribution in [3.8, 4) is 51.0 Å². The van der Waals surface area contributed by atoms with Gasteiger partial charge in [-0.05, 0) is 120 Å². The average molecular weight is 771 g/mol. The molecule has 7 heteroatoms. The fourth-order valence-electron chi connectivity index (χ4n) is 6.35. The van der Waals surface area contributed by atoms with E-state index in [0.29, 0.717) is 18.1 Å². The molecular formula is C50H42O6S. The van der Waals surface area contributed by atoms with Crippen LogP contribution in [0.1, 0.15) is 23.6 Å². The molecule has 0 radical (unpaired) electrons. The molecule has 7 rings (SSSR count). The number of ether oxygens (including phenoxy) is 4. The highest BCUT2D eigenvalue weighted by Gasteiger charge is 2.16. The summed E-state index contributed by atoms with van der Waals surface area (Å²) in [5, 5.41) is 9.06. The summed E-state index contributed by atoms with van der Waals surface area (Å²) in [6.45, 7) is 4.05. The maximum Gasteiger partial charge on any atom is 0.341 e. The summed E-state index contributed by atoms with van der Waals surface area (Å²) in [5.41, 5.74) is 8.31. The standard InChI is InChI=1S/C50H42O6S/c1-3-53-48(34-57-46-30-31-47(35(2)32-46)54-33-49(51)52)50(40-18-14-36(15-19-40)38-22-26-44(27-23-38)55-42-10-6-4-7-11-42)41-20-16-37(17-21-41)39-24-28-45(29-25-39)56-43-12-8-5-9-13-43/h4-32H,3,33-34H2,1-2H3,(H,51,52). The minimum Gasteiger partial charge on any atom is -0.497 e. The molecule has 6 nitrogen and oxygen atoms in total. The van der Waals surface area contributed by atoms with Crippen LogP contribution in [0.2, 0.25) is 0 Å². The van der Waals surface area contributed by atoms with Crippen LogP contribution in [-0.4, -0.2) is 30.0 Å². The zero-order chi connectivity index (χ0) is 39.4. The first-order valence-corrected chi connectivity index (χ1v) is 19.7. The van der Waals surface area contributed by atoms with Crippen LogP contribution in [0.3, 0.4) is 0 Å². The lowest BCUT2D eigenvalue weighted by Gasteiger charge is -2.18. The number of carboxylic acids is 1. The molecule has 7 aromatic carbocycles. The molecule has 0 saturated heterocycles. The molecule has 0 saturated carbocycles. The number of para-hydroxylation sites is 2. The van der Waals surface area contributed by atoms with Gasteiger partial charge in [0, 0.05) is 10.5 Å². The fraction of sp³-hybridized carbons (Fsp3) is 0.100. The SMILES string of the molecule is CCOC(CSc1ccc(OCC(=O)O)c(C)c1)=C(c1ccc(-c2ccc(Oc3ccccc3)cc2)cc1)c1ccc(-c2ccc(Oc3ccccc3)cc2)cc1. The van der Waals surface area contributed by atoms with E-state index >= 15 is 0 Å². The average Bonchev–Trinajstić information content (AvgIpc) is 3.24. The number of aliphatic carboxylic acids is 1. The van der Waals surface area contributed by atoms with Gasteiger partial charge >= 0.3 is 5.97 Å². The number of aryl methyl sites for hydroxylation is 1. The molecular weight excluding hydrogens is 729 g/mol. The monoisotopic (exact) mass is 770 g/mol. The second kappa shape index (κ2) is 18.8. The van der Waals surface area contributed by atoms with Gasteiger partial charge < -0.3 is 24.1 Å². The van der Waals surface area contributed by atoms with Crippen molar-refractivity contribution in [2.24, 2.45) is 0 Å². The van der Waals surface area contributed by atoms with E-state index in [2.05, 4.69) is 72.8 Å². The smallest absolute Gasteiger partial charge is 0.341 e. The summed E-state index contributed by atoms with van der Waals surface area (Å²) in [6, 6.07) is 58.8. The zero-order valence-electron chi connectivity index (χ0n) is 31.8. The van der Waals surface area contributed by atoms with E-state index in [1.54, 1.807) is 11.8 Å². The minimum absolute atomic E-state index is 0.381. The number of carboxylic acid groups (broad SMARTS) is 1. The minimum atomic E-state index is -1.01. The summed E-state index contributed by atoms with van der Waals surface area (Å²) in [4.78, 5) is 12.1. The molecule has 1 N–H and O–H groups in total. The predicted molar refractivity (Wildman–Crippen MR) is 229 cm³/mol. The maximum atomic E-state index is 11.0. The third kappa shape index (κ3) is 10.3. The summed E-state index contributed by atoms with van der Waals surface area (Å²) in [5.74, 6) is 4.14. The van der Waals surface area contributed by atoms with Crippen molar-refractivity contribution >= 4 is 23.3 Å². The second-order valence-corrected chi connectivity index (χ2v) is 14.2. The van der Waals surface area contributed by atoms with Crippen LogP contribution in [0, 0.1) is 6.92 Å². The number of thioether (sulfide) groups is 1. The van der Waals surface area contributed by atoms with Gasteiger partial charge in [0.25, 0.3) is 0 Å². The highest BCUT2D eigenvalue weighted by molar-refractivity contribution is 7.99. The third-order valence-corrected chi connectivity index (χ3v) is 10.1. The Labute approximate surface area is 338 Å². The molecule has 0 aliphatic heterocycles. The van der Waals surface area contributed by atoms with E-state index < -0.39 is 5.97 Å². The zero-order valence-corrected chi connectivity index (χ0v) is 32.6. The quantitative estimate of drug-likeness (QED) is 0.0775. The maximum absolute atomic E-state index is 11.0. The van der Waals surface area contributed by atoms with Crippen molar-refractivity contribution < 1.29 is 28.8 Å². The van der Waals surface area contributed by atoms with Crippen LogP contribution in [0.25, 0.3) is 27.8 Å². The van der Waals surface area contributed by atoms with Crippen LogP contribution >= 0.6 is 11.8 Å². The lowest BCUT2D eigenvalue weighted by Crippen LogP contribution is -2.10. The van der Waals surface area contributed by atoms with E-state index in [1.807, 2.05) is 117 Å². The van der Waals surface area contributed by atoms with Crippen molar-refractivity contribution in [3.63, 3.8) is 0 Å². The normalized spacial score (nSPS) is 10.7. The Morgan fingerprint density at radius 2 is 1.00 bits per heavy atom. The van der Waals surface area contributed by atoms with Crippen molar-refractivity contribution in [1.82, 2.24) is 0 Å². The lowest BCUT2D eigenvalue weighted by atomic mass is 9.93. The van der Waals surface area contributed by atoms with Gasteiger partial charge in [0.15, 0.2) is 6.61 Å². The molecule has 0 aliphatic carbocycles. The Hall–Kier alpha value is -6.70. The van der Waals surface area contributed by atoms with Gasteiger partial charge in [0.2, 0.25) is 0 Å². The van der Waals surface area contributed by atoms with Crippen molar-refractivity contribution in [2.75, 3.05) is 19.0 Å². The van der Waals surface area contributed by atoms with Gasteiger partial charge in [-0.15, -0.1) is 11.8 Å². The molecule has 0 amide bonds. The van der Waals surface area contributed by atoms with E-state index in [1.165, 1.54) is 0 Å². The fourth-order valence-corrected chi connectivity index (χ4v) is 7.30. The van der Waals surface area contributed by atoms with Crippen LogP contribution < -0.4 is 14.2 Å². The molecule has 0 fully saturated rings. The number of hydrogen-bond acceptors (Lipinski definition) is 6. The number of carbonyl (C=O) groups is 1. The Morgan fingerprint density at radius 1 is 0.561 bits per heavy atom. The highest BCUT2D eigenvalue weighted by Crippen LogP contribution is 2.36. The van der Waals surface area contributed by atoms with E-state index in [9.17, 15) is 4.79 Å². The number of rotatable bonds is 16. The summed E-state index contributed by atoms with van der Waals surface area (Å²) in [7, 11) is 0. The summed E-state index contributed by atoms with van der Waals surface area (Å²) >= 11 is 1.66. The topological polar surface area (TPSA) is 74.2 Å². The first kappa shape index (κ1) is 38.6. The molecule has 284 valence electrons. The van der Waals surface area contributed by atoms with Crippen LogP contribution in [-0.2, 0) is 9.53 Å². The van der Waals surface area contributed by atoms with Crippen LogP contribution in [0.5, 0.6) is 28.7 Å². The van der Waals surface area contributed by atoms with Crippen LogP contribution in [0.15, 0.2) is 187 Å². The Morgan fingerprint density at radius 3 is 1.42 bits per heavy atom. The molecule has 0 heterocycles. The second-order valence-electron chi connectivity index (χ2n) is 13.2. The van der Waals surface area contributed by atoms with Gasteiger partial charge in [-0.2, -0.15) is 0 Å². The Balaban J connectivity index is 1.17. The molecule has 0 atom stereocenters. The van der Waals surface area contributed by atoms with Gasteiger partial charge in [-0.3, -0.25) is 0 Å². The van der Waals surface area contributed by atoms with E-state index in [0.717, 1.165) is 78.2 Å². The molecule has 0 unspecified atom stereocenters. The first-order valence-electron chi connectivity index (χ1n) is 18.7. The number of benzene rings is 7. The first-order chi connectivity index (χ1) is 27.9. The van der Waals surface area contributed by atoms with Crippen LogP contribution in [0.4, 0.5) is 0 Å². The van der Waals surface area contributed by atoms with E-state index in [-0.39, 0.29) is 6.61 Å². The largest absolute Gasteiger partial charge is 0.497 e. The summed E-state index contributed by atoms with van der Waals surface area (Å²) < 4.78 is 23.9.